The first-order chi connectivity index (χ1) is 38.9. The third kappa shape index (κ3) is 60.3. The Kier molecular flexibility index (Phi) is 58.1. The van der Waals surface area contributed by atoms with E-state index in [1.165, 1.54) is 193 Å². The maximum Gasteiger partial charge on any atom is 0.472 e. The Bertz CT molecular complexity index is 1550. The summed E-state index contributed by atoms with van der Waals surface area (Å²) in [6.45, 7) is 7.01. The van der Waals surface area contributed by atoms with Crippen molar-refractivity contribution < 1.29 is 37.3 Å². The summed E-state index contributed by atoms with van der Waals surface area (Å²) in [7, 11) is 1.49. The molecule has 0 rings (SSSR count). The van der Waals surface area contributed by atoms with Gasteiger partial charge in [0.2, 0.25) is 5.91 Å². The van der Waals surface area contributed by atoms with E-state index < -0.39 is 20.0 Å². The molecule has 0 aromatic heterocycles. The fourth-order valence-electron chi connectivity index (χ4n) is 9.93. The average Bonchev–Trinajstić information content (AvgIpc) is 3.42. The maximum absolute atomic E-state index is 13.6. The summed E-state index contributed by atoms with van der Waals surface area (Å²) < 4.78 is 30.8. The summed E-state index contributed by atoms with van der Waals surface area (Å²) in [6, 6.07) is -0.856. The monoisotopic (exact) mass is 1140 g/mol. The van der Waals surface area contributed by atoms with Crippen molar-refractivity contribution in [3.05, 3.63) is 60.8 Å². The number of hydrogen-bond acceptors (Lipinski definition) is 6. The quantitative estimate of drug-likeness (QED) is 0.0205. The van der Waals surface area contributed by atoms with Gasteiger partial charge in [0.15, 0.2) is 0 Å². The van der Waals surface area contributed by atoms with Crippen LogP contribution in [0.25, 0.3) is 0 Å². The van der Waals surface area contributed by atoms with E-state index in [1.54, 1.807) is 0 Å². The average molecular weight is 1140 g/mol. The van der Waals surface area contributed by atoms with Gasteiger partial charge in [0.25, 0.3) is 0 Å². The van der Waals surface area contributed by atoms with Gasteiger partial charge in [-0.05, 0) is 76.7 Å². The van der Waals surface area contributed by atoms with Crippen molar-refractivity contribution in [2.24, 2.45) is 0 Å². The van der Waals surface area contributed by atoms with E-state index in [0.29, 0.717) is 17.4 Å². The Balaban J connectivity index is 5.17. The lowest BCUT2D eigenvalue weighted by Crippen LogP contribution is -2.47. The van der Waals surface area contributed by atoms with Crippen LogP contribution in [0.1, 0.15) is 323 Å². The maximum atomic E-state index is 13.6. The number of quaternary nitrogens is 1. The summed E-state index contributed by atoms with van der Waals surface area (Å²) >= 11 is 0. The molecule has 3 atom stereocenters. The Morgan fingerprint density at radius 3 is 1.16 bits per heavy atom. The number of likely N-dealkylation sites (N-methyl/N-ethyl adjacent to an activating group) is 1. The van der Waals surface area contributed by atoms with Crippen LogP contribution in [0.4, 0.5) is 0 Å². The molecule has 0 saturated carbocycles. The molecule has 0 bridgehead atoms. The summed E-state index contributed by atoms with van der Waals surface area (Å²) in [4.78, 5) is 37.8. The number of amides is 1. The van der Waals surface area contributed by atoms with E-state index in [9.17, 15) is 19.0 Å². The van der Waals surface area contributed by atoms with Crippen molar-refractivity contribution in [2.75, 3.05) is 40.9 Å². The molecule has 468 valence electrons. The van der Waals surface area contributed by atoms with Crippen molar-refractivity contribution in [1.82, 2.24) is 5.32 Å². The van der Waals surface area contributed by atoms with Crippen LogP contribution in [0, 0.1) is 0 Å². The molecule has 0 aromatic carbocycles. The minimum atomic E-state index is -4.46. The van der Waals surface area contributed by atoms with Crippen LogP contribution in [0.3, 0.4) is 0 Å². The smallest absolute Gasteiger partial charge is 0.456 e. The number of phosphoric acid groups is 1. The second-order valence-electron chi connectivity index (χ2n) is 24.4. The molecule has 0 aliphatic rings. The molecule has 3 unspecified atom stereocenters. The van der Waals surface area contributed by atoms with Gasteiger partial charge in [0.1, 0.15) is 19.3 Å². The van der Waals surface area contributed by atoms with Crippen LogP contribution in [-0.2, 0) is 27.9 Å². The summed E-state index contributed by atoms with van der Waals surface area (Å²) in [5.41, 5.74) is 0. The van der Waals surface area contributed by atoms with Crippen molar-refractivity contribution >= 4 is 19.7 Å². The van der Waals surface area contributed by atoms with E-state index in [-0.39, 0.29) is 31.5 Å². The van der Waals surface area contributed by atoms with E-state index >= 15 is 0 Å². The van der Waals surface area contributed by atoms with Gasteiger partial charge in [-0.1, -0.05) is 294 Å². The van der Waals surface area contributed by atoms with E-state index in [4.69, 9.17) is 13.8 Å². The normalized spacial score (nSPS) is 13.9. The summed E-state index contributed by atoms with van der Waals surface area (Å²) in [5.74, 6) is -0.514. The molecule has 2 N–H and O–H groups in total. The number of carbonyl (C=O) groups is 2. The van der Waals surface area contributed by atoms with Gasteiger partial charge in [-0.25, -0.2) is 4.57 Å². The highest BCUT2D eigenvalue weighted by atomic mass is 31.2. The molecule has 0 saturated heterocycles. The highest BCUT2D eigenvalue weighted by molar-refractivity contribution is 7.47. The minimum Gasteiger partial charge on any atom is -0.456 e. The molecule has 0 radical (unpaired) electrons. The number of hydrogen-bond donors (Lipinski definition) is 2. The Morgan fingerprint density at radius 2 is 0.762 bits per heavy atom. The van der Waals surface area contributed by atoms with Crippen LogP contribution in [-0.4, -0.2) is 74.3 Å². The van der Waals surface area contributed by atoms with E-state index in [0.717, 1.165) is 96.3 Å². The summed E-state index contributed by atoms with van der Waals surface area (Å²) in [6.07, 6.45) is 76.5. The van der Waals surface area contributed by atoms with Crippen LogP contribution < -0.4 is 5.32 Å². The fourth-order valence-corrected chi connectivity index (χ4v) is 10.7. The van der Waals surface area contributed by atoms with Crippen molar-refractivity contribution in [3.8, 4) is 0 Å². The van der Waals surface area contributed by atoms with Crippen molar-refractivity contribution in [3.63, 3.8) is 0 Å². The molecular weight excluding hydrogens is 1010 g/mol. The minimum absolute atomic E-state index is 0.0372. The van der Waals surface area contributed by atoms with Crippen LogP contribution in [0.15, 0.2) is 60.8 Å². The second kappa shape index (κ2) is 59.9. The number of esters is 1. The zero-order valence-corrected chi connectivity index (χ0v) is 54.5. The lowest BCUT2D eigenvalue weighted by atomic mass is 10.0. The molecule has 10 heteroatoms. The highest BCUT2D eigenvalue weighted by Gasteiger charge is 2.30. The number of allylic oxidation sites excluding steroid dienone is 9. The SMILES string of the molecule is CCCCC/C=C\C/C=C\C/C=C\C/C=C\CCCCCCCC(=O)OC(/C=C/CCCCCCCCCCCC)C(COP(=O)(O)OCC[N+](C)(C)C)NC(=O)CCCCCCCCCCCCCCCCCCCCCCC. The van der Waals surface area contributed by atoms with Gasteiger partial charge < -0.3 is 19.4 Å². The largest absolute Gasteiger partial charge is 0.472 e. The van der Waals surface area contributed by atoms with Crippen LogP contribution in [0.2, 0.25) is 0 Å². The molecule has 0 heterocycles. The van der Waals surface area contributed by atoms with Crippen molar-refractivity contribution in [1.29, 1.82) is 0 Å². The number of nitrogens with zero attached hydrogens (tertiary/aromatic N) is 1. The molecule has 1 amide bonds. The fraction of sp³-hybridized carbons (Fsp3) is 0.829. The third-order valence-corrected chi connectivity index (χ3v) is 16.2. The standard InChI is InChI=1S/C70H131N2O7P/c1-7-10-13-16-19-22-25-28-30-32-34-36-38-40-42-44-47-50-53-56-59-62-69(73)71-67(66-78-80(75,76)77-65-64-72(4,5)6)68(61-58-55-52-49-46-27-24-21-18-15-12-9-3)79-70(74)63-60-57-54-51-48-45-43-41-39-37-35-33-31-29-26-23-20-17-14-11-8-2/h20,23,29,31,35,37,41,43,58,61,67-68H,7-19,21-22,24-28,30,32-34,36,38-40,42,44-57,59-60,62-66H2,1-6H3,(H-,71,73,75,76)/p+1/b23-20-,31-29-,37-35-,43-41-,61-58+. The number of nitrogens with one attached hydrogen (secondary N) is 1. The topological polar surface area (TPSA) is 111 Å². The van der Waals surface area contributed by atoms with Gasteiger partial charge in [-0.2, -0.15) is 0 Å². The van der Waals surface area contributed by atoms with Crippen molar-refractivity contribution in [2.45, 2.75) is 335 Å². The Morgan fingerprint density at radius 1 is 0.438 bits per heavy atom. The van der Waals surface area contributed by atoms with Crippen LogP contribution >= 0.6 is 7.82 Å². The molecule has 9 nitrogen and oxygen atoms in total. The van der Waals surface area contributed by atoms with Gasteiger partial charge in [-0.3, -0.25) is 18.6 Å². The molecule has 80 heavy (non-hydrogen) atoms. The number of ether oxygens (including phenoxy) is 1. The zero-order valence-electron chi connectivity index (χ0n) is 53.6. The lowest BCUT2D eigenvalue weighted by Gasteiger charge is -2.27. The lowest BCUT2D eigenvalue weighted by molar-refractivity contribution is -0.870. The molecule has 0 aliphatic heterocycles. The van der Waals surface area contributed by atoms with E-state index in [1.807, 2.05) is 33.3 Å². The van der Waals surface area contributed by atoms with Gasteiger partial charge >= 0.3 is 13.8 Å². The first-order valence-corrected chi connectivity index (χ1v) is 35.6. The molecule has 0 aromatic rings. The molecule has 0 spiro atoms. The third-order valence-electron chi connectivity index (χ3n) is 15.2. The molecule has 0 fully saturated rings. The van der Waals surface area contributed by atoms with Gasteiger partial charge in [0, 0.05) is 12.8 Å². The Labute approximate surface area is 496 Å². The van der Waals surface area contributed by atoms with Crippen LogP contribution in [0.5, 0.6) is 0 Å². The number of rotatable bonds is 62. The highest BCUT2D eigenvalue weighted by Crippen LogP contribution is 2.43. The Hall–Kier alpha value is -2.29. The van der Waals surface area contributed by atoms with E-state index in [2.05, 4.69) is 74.7 Å². The number of unbranched alkanes of at least 4 members (excludes halogenated alkanes) is 38. The second-order valence-corrected chi connectivity index (χ2v) is 25.8. The number of phosphoric ester groups is 1. The predicted molar refractivity (Wildman–Crippen MR) is 346 cm³/mol. The predicted octanol–water partition coefficient (Wildman–Crippen LogP) is 21.4. The summed E-state index contributed by atoms with van der Waals surface area (Å²) in [5, 5.41) is 3.07. The molecular formula is C70H132N2O7P+. The van der Waals surface area contributed by atoms with Gasteiger partial charge in [-0.15, -0.1) is 0 Å². The first-order valence-electron chi connectivity index (χ1n) is 34.1. The number of carbonyl (C=O) groups excluding carboxylic acids is 2. The van der Waals surface area contributed by atoms with Gasteiger partial charge in [0.05, 0.1) is 33.8 Å². The molecule has 0 aliphatic carbocycles. The zero-order chi connectivity index (χ0) is 58.6. The first kappa shape index (κ1) is 77.7.